The largest absolute Gasteiger partial charge is 0.496 e. The van der Waals surface area contributed by atoms with Crippen molar-refractivity contribution < 1.29 is 24.0 Å². The molecule has 1 saturated heterocycles. The number of ether oxygens (including phenoxy) is 2. The van der Waals surface area contributed by atoms with E-state index in [-0.39, 0.29) is 17.3 Å². The number of nitro benzene ring substituents is 1. The Bertz CT molecular complexity index is 907. The van der Waals surface area contributed by atoms with Crippen LogP contribution in [0.25, 0.3) is 0 Å². The van der Waals surface area contributed by atoms with E-state index in [9.17, 15) is 19.7 Å². The number of aryl methyl sites for hydroxylation is 1. The number of carbonyl (C=O) groups excluding carboxylic acids is 2. The molecule has 1 aliphatic rings. The molecule has 0 saturated carbocycles. The second-order valence-electron chi connectivity index (χ2n) is 7.15. The van der Waals surface area contributed by atoms with Gasteiger partial charge in [-0.2, -0.15) is 0 Å². The molecule has 1 aliphatic heterocycles. The lowest BCUT2D eigenvalue weighted by Crippen LogP contribution is -2.41. The molecule has 2 aromatic rings. The molecular weight excluding hydrogens is 388 g/mol. The normalized spacial score (nSPS) is 14.2. The van der Waals surface area contributed by atoms with Crippen LogP contribution in [0.3, 0.4) is 0 Å². The van der Waals surface area contributed by atoms with E-state index in [0.29, 0.717) is 44.5 Å². The van der Waals surface area contributed by atoms with E-state index in [2.05, 4.69) is 0 Å². The highest BCUT2D eigenvalue weighted by molar-refractivity contribution is 5.79. The minimum absolute atomic E-state index is 0.0662. The zero-order valence-corrected chi connectivity index (χ0v) is 16.8. The number of nitro groups is 1. The van der Waals surface area contributed by atoms with Crippen molar-refractivity contribution in [3.05, 3.63) is 64.2 Å². The van der Waals surface area contributed by atoms with Gasteiger partial charge in [0.2, 0.25) is 11.7 Å². The predicted molar refractivity (Wildman–Crippen MR) is 109 cm³/mol. The number of piperidine rings is 1. The van der Waals surface area contributed by atoms with Crippen LogP contribution in [0.4, 0.5) is 5.69 Å². The molecule has 1 heterocycles. The van der Waals surface area contributed by atoms with Gasteiger partial charge < -0.3 is 14.4 Å². The number of nitrogens with zero attached hydrogens (tertiary/aromatic N) is 2. The van der Waals surface area contributed by atoms with Crippen LogP contribution >= 0.6 is 0 Å². The molecule has 0 radical (unpaired) electrons. The number of hydrogen-bond acceptors (Lipinski definition) is 6. The summed E-state index contributed by atoms with van der Waals surface area (Å²) < 4.78 is 10.3. The molecule has 0 unspecified atom stereocenters. The number of likely N-dealkylation sites (tertiary alicyclic amines) is 1. The lowest BCUT2D eigenvalue weighted by molar-refractivity contribution is -0.385. The lowest BCUT2D eigenvalue weighted by Gasteiger charge is -2.31. The first-order valence-electron chi connectivity index (χ1n) is 9.83. The maximum absolute atomic E-state index is 12.5. The maximum atomic E-state index is 12.5. The highest BCUT2D eigenvalue weighted by atomic mass is 16.6. The third-order valence-corrected chi connectivity index (χ3v) is 5.22. The fraction of sp³-hybridized carbons (Fsp3) is 0.364. The Morgan fingerprint density at radius 1 is 1.13 bits per heavy atom. The van der Waals surface area contributed by atoms with Crippen molar-refractivity contribution in [2.75, 3.05) is 20.2 Å². The number of carbonyl (C=O) groups is 2. The van der Waals surface area contributed by atoms with Gasteiger partial charge in [-0.25, -0.2) is 0 Å². The van der Waals surface area contributed by atoms with Gasteiger partial charge >= 0.3 is 11.7 Å². The Labute approximate surface area is 174 Å². The molecule has 158 valence electrons. The van der Waals surface area contributed by atoms with E-state index in [1.165, 1.54) is 25.3 Å². The summed E-state index contributed by atoms with van der Waals surface area (Å²) >= 11 is 0. The Morgan fingerprint density at radius 2 is 1.83 bits per heavy atom. The van der Waals surface area contributed by atoms with Gasteiger partial charge in [-0.1, -0.05) is 30.3 Å². The zero-order chi connectivity index (χ0) is 21.5. The second kappa shape index (κ2) is 9.87. The molecule has 2 aromatic carbocycles. The van der Waals surface area contributed by atoms with Crippen molar-refractivity contribution in [2.24, 2.45) is 5.92 Å². The lowest BCUT2D eigenvalue weighted by atomic mass is 9.96. The van der Waals surface area contributed by atoms with Crippen LogP contribution in [0.1, 0.15) is 24.8 Å². The van der Waals surface area contributed by atoms with E-state index >= 15 is 0 Å². The van der Waals surface area contributed by atoms with Crippen molar-refractivity contribution >= 4 is 17.6 Å². The third-order valence-electron chi connectivity index (χ3n) is 5.22. The van der Waals surface area contributed by atoms with E-state index in [0.717, 1.165) is 5.56 Å². The summed E-state index contributed by atoms with van der Waals surface area (Å²) in [7, 11) is 1.40. The monoisotopic (exact) mass is 412 g/mol. The molecule has 3 rings (SSSR count). The van der Waals surface area contributed by atoms with Gasteiger partial charge in [-0.05, 0) is 37.0 Å². The van der Waals surface area contributed by atoms with Crippen LogP contribution in [0, 0.1) is 16.0 Å². The molecule has 8 nitrogen and oxygen atoms in total. The van der Waals surface area contributed by atoms with Gasteiger partial charge in [-0.15, -0.1) is 0 Å². The van der Waals surface area contributed by atoms with Crippen LogP contribution in [-0.4, -0.2) is 41.9 Å². The summed E-state index contributed by atoms with van der Waals surface area (Å²) in [6.07, 6.45) is 2.06. The van der Waals surface area contributed by atoms with Crippen molar-refractivity contribution in [1.29, 1.82) is 0 Å². The summed E-state index contributed by atoms with van der Waals surface area (Å²) in [5, 5.41) is 11.2. The van der Waals surface area contributed by atoms with E-state index in [1.807, 2.05) is 30.3 Å². The standard InChI is InChI=1S/C22H24N2O6/c1-29-18-8-9-20(19(15-18)24(27)28)30-22(26)17-11-13-23(14-12-17)21(25)10-7-16-5-3-2-4-6-16/h2-6,8-9,15,17H,7,10-14H2,1H3. The van der Waals surface area contributed by atoms with Crippen molar-refractivity contribution in [3.63, 3.8) is 0 Å². The predicted octanol–water partition coefficient (Wildman–Crippen LogP) is 3.38. The summed E-state index contributed by atoms with van der Waals surface area (Å²) in [4.78, 5) is 37.3. The summed E-state index contributed by atoms with van der Waals surface area (Å²) in [5.74, 6) is -0.642. The molecule has 0 aliphatic carbocycles. The molecule has 0 spiro atoms. The molecule has 1 fully saturated rings. The third kappa shape index (κ3) is 5.34. The number of methoxy groups -OCH3 is 1. The quantitative estimate of drug-likeness (QED) is 0.299. The van der Waals surface area contributed by atoms with Gasteiger partial charge in [0.25, 0.3) is 0 Å². The average molecular weight is 412 g/mol. The number of esters is 1. The molecule has 0 aromatic heterocycles. The first-order valence-corrected chi connectivity index (χ1v) is 9.83. The topological polar surface area (TPSA) is 99.0 Å². The fourth-order valence-electron chi connectivity index (χ4n) is 3.46. The highest BCUT2D eigenvalue weighted by Gasteiger charge is 2.30. The molecular formula is C22H24N2O6. The van der Waals surface area contributed by atoms with Crippen molar-refractivity contribution in [3.8, 4) is 11.5 Å². The Kier molecular flexibility index (Phi) is 7.00. The summed E-state index contributed by atoms with van der Waals surface area (Å²) in [6.45, 7) is 0.941. The van der Waals surface area contributed by atoms with Crippen LogP contribution in [0.5, 0.6) is 11.5 Å². The van der Waals surface area contributed by atoms with Gasteiger partial charge in [-0.3, -0.25) is 19.7 Å². The highest BCUT2D eigenvalue weighted by Crippen LogP contribution is 2.32. The fourth-order valence-corrected chi connectivity index (χ4v) is 3.46. The van der Waals surface area contributed by atoms with E-state index in [4.69, 9.17) is 9.47 Å². The van der Waals surface area contributed by atoms with Gasteiger partial charge in [0.15, 0.2) is 0 Å². The number of benzene rings is 2. The van der Waals surface area contributed by atoms with Gasteiger partial charge in [0.05, 0.1) is 24.0 Å². The molecule has 0 N–H and O–H groups in total. The zero-order valence-electron chi connectivity index (χ0n) is 16.8. The number of rotatable bonds is 7. The maximum Gasteiger partial charge on any atom is 0.315 e. The molecule has 30 heavy (non-hydrogen) atoms. The average Bonchev–Trinajstić information content (AvgIpc) is 2.78. The number of hydrogen-bond donors (Lipinski definition) is 0. The van der Waals surface area contributed by atoms with Gasteiger partial charge in [0.1, 0.15) is 5.75 Å². The Balaban J connectivity index is 1.52. The first-order chi connectivity index (χ1) is 14.5. The van der Waals surface area contributed by atoms with Gasteiger partial charge in [0, 0.05) is 19.5 Å². The summed E-state index contributed by atoms with van der Waals surface area (Å²) in [5.41, 5.74) is 0.793. The number of amides is 1. The first kappa shape index (κ1) is 21.3. The SMILES string of the molecule is COc1ccc(OC(=O)C2CCN(C(=O)CCc3ccccc3)CC2)c([N+](=O)[O-])c1. The van der Waals surface area contributed by atoms with Crippen LogP contribution in [-0.2, 0) is 16.0 Å². The molecule has 0 atom stereocenters. The second-order valence-corrected chi connectivity index (χ2v) is 7.15. The Morgan fingerprint density at radius 3 is 2.47 bits per heavy atom. The van der Waals surface area contributed by atoms with Crippen molar-refractivity contribution in [1.82, 2.24) is 4.90 Å². The van der Waals surface area contributed by atoms with E-state index < -0.39 is 16.8 Å². The summed E-state index contributed by atoms with van der Waals surface area (Å²) in [6, 6.07) is 13.9. The molecule has 1 amide bonds. The minimum Gasteiger partial charge on any atom is -0.496 e. The van der Waals surface area contributed by atoms with Crippen molar-refractivity contribution in [2.45, 2.75) is 25.7 Å². The van der Waals surface area contributed by atoms with Crippen LogP contribution in [0.2, 0.25) is 0 Å². The molecule has 8 heteroatoms. The van der Waals surface area contributed by atoms with Crippen LogP contribution in [0.15, 0.2) is 48.5 Å². The van der Waals surface area contributed by atoms with Crippen LogP contribution < -0.4 is 9.47 Å². The Hall–Kier alpha value is -3.42. The smallest absolute Gasteiger partial charge is 0.315 e. The van der Waals surface area contributed by atoms with E-state index in [1.54, 1.807) is 4.90 Å². The molecule has 0 bridgehead atoms. The minimum atomic E-state index is -0.612.